The molecule has 0 saturated heterocycles. The van der Waals surface area contributed by atoms with Gasteiger partial charge in [0, 0.05) is 30.2 Å². The Bertz CT molecular complexity index is 1290. The summed E-state index contributed by atoms with van der Waals surface area (Å²) < 4.78 is 17.5. The minimum absolute atomic E-state index is 0.0383. The van der Waals surface area contributed by atoms with Crippen molar-refractivity contribution in [1.82, 2.24) is 10.2 Å². The van der Waals surface area contributed by atoms with E-state index in [0.29, 0.717) is 41.2 Å². The van der Waals surface area contributed by atoms with Gasteiger partial charge in [-0.1, -0.05) is 18.2 Å². The van der Waals surface area contributed by atoms with Gasteiger partial charge in [0.05, 0.1) is 36.8 Å². The summed E-state index contributed by atoms with van der Waals surface area (Å²) >= 11 is 0. The fourth-order valence-corrected chi connectivity index (χ4v) is 5.47. The van der Waals surface area contributed by atoms with Crippen LogP contribution in [0.2, 0.25) is 0 Å². The molecule has 4 atom stereocenters. The van der Waals surface area contributed by atoms with Crippen LogP contribution in [-0.2, 0) is 9.53 Å². The average molecular weight is 523 g/mol. The topological polar surface area (TPSA) is 136 Å². The highest BCUT2D eigenvalue weighted by Crippen LogP contribution is 2.41. The molecule has 3 aliphatic rings. The smallest absolute Gasteiger partial charge is 0.251 e. The number of fused-ring (bicyclic) bond motifs is 2. The quantitative estimate of drug-likeness (QED) is 0.561. The largest absolute Gasteiger partial charge is 0.493 e. The summed E-state index contributed by atoms with van der Waals surface area (Å²) in [7, 11) is 1.58. The second kappa shape index (κ2) is 9.59. The number of ether oxygens (including phenoxy) is 3. The summed E-state index contributed by atoms with van der Waals surface area (Å²) in [5.41, 5.74) is 6.05. The van der Waals surface area contributed by atoms with Gasteiger partial charge in [-0.3, -0.25) is 14.5 Å². The van der Waals surface area contributed by atoms with Crippen LogP contribution in [0.3, 0.4) is 0 Å². The molecule has 0 saturated carbocycles. The van der Waals surface area contributed by atoms with Gasteiger partial charge < -0.3 is 30.4 Å². The lowest BCUT2D eigenvalue weighted by molar-refractivity contribution is -0.133. The van der Waals surface area contributed by atoms with Gasteiger partial charge in [-0.05, 0) is 45.0 Å². The Morgan fingerprint density at radius 3 is 2.63 bits per heavy atom. The van der Waals surface area contributed by atoms with Crippen molar-refractivity contribution in [2.24, 2.45) is 10.7 Å². The van der Waals surface area contributed by atoms with E-state index in [4.69, 9.17) is 19.9 Å². The lowest BCUT2D eigenvalue weighted by atomic mass is 9.87. The summed E-state index contributed by atoms with van der Waals surface area (Å²) in [6.45, 7) is 5.76. The highest BCUT2D eigenvalue weighted by molar-refractivity contribution is 6.00. The Balaban J connectivity index is 1.52. The van der Waals surface area contributed by atoms with Gasteiger partial charge in [0.1, 0.15) is 23.7 Å². The first kappa shape index (κ1) is 26.0. The molecule has 2 amide bonds. The number of nitrogens with zero attached hydrogens (tertiary/aromatic N) is 2. The van der Waals surface area contributed by atoms with E-state index < -0.39 is 29.3 Å². The van der Waals surface area contributed by atoms with Crippen LogP contribution in [0.5, 0.6) is 11.5 Å². The number of nitrogens with two attached hydrogens (primary N) is 1. The molecule has 0 aliphatic carbocycles. The van der Waals surface area contributed by atoms with Gasteiger partial charge in [0.15, 0.2) is 5.96 Å². The molecule has 0 fully saturated rings. The molecule has 0 aromatic heterocycles. The highest BCUT2D eigenvalue weighted by atomic mass is 16.5. The normalized spacial score (nSPS) is 28.1. The maximum atomic E-state index is 13.6. The molecule has 3 heterocycles. The molecule has 2 aromatic carbocycles. The van der Waals surface area contributed by atoms with Crippen LogP contribution in [-0.4, -0.2) is 65.3 Å². The van der Waals surface area contributed by atoms with Crippen molar-refractivity contribution in [2.45, 2.75) is 62.9 Å². The Labute approximate surface area is 221 Å². The second-order valence-electron chi connectivity index (χ2n) is 10.9. The van der Waals surface area contributed by atoms with E-state index in [9.17, 15) is 14.7 Å². The molecule has 202 valence electrons. The number of rotatable bonds is 4. The van der Waals surface area contributed by atoms with E-state index in [1.54, 1.807) is 32.2 Å². The molecule has 10 nitrogen and oxygen atoms in total. The number of aliphatic imine (C=N–C) groups is 1. The Morgan fingerprint density at radius 1 is 1.16 bits per heavy atom. The summed E-state index contributed by atoms with van der Waals surface area (Å²) in [5, 5.41) is 14.0. The van der Waals surface area contributed by atoms with Gasteiger partial charge in [0.2, 0.25) is 5.91 Å². The first-order valence-corrected chi connectivity index (χ1v) is 12.7. The molecule has 0 spiro atoms. The number of aliphatic hydroxyl groups is 1. The predicted octanol–water partition coefficient (Wildman–Crippen LogP) is 2.47. The van der Waals surface area contributed by atoms with Crippen molar-refractivity contribution >= 4 is 17.8 Å². The van der Waals surface area contributed by atoms with E-state index >= 15 is 0 Å². The van der Waals surface area contributed by atoms with Crippen LogP contribution in [0, 0.1) is 0 Å². The van der Waals surface area contributed by atoms with Crippen LogP contribution >= 0.6 is 0 Å². The Hall–Kier alpha value is -3.63. The molecule has 2 aromatic rings. The first-order valence-electron chi connectivity index (χ1n) is 12.7. The highest BCUT2D eigenvalue weighted by Gasteiger charge is 2.44. The molecule has 3 aliphatic heterocycles. The number of nitrogens with one attached hydrogen (secondary N) is 1. The number of hydrogen-bond donors (Lipinski definition) is 3. The monoisotopic (exact) mass is 522 g/mol. The van der Waals surface area contributed by atoms with E-state index in [0.717, 1.165) is 0 Å². The molecule has 4 N–H and O–H groups in total. The fourth-order valence-electron chi connectivity index (χ4n) is 5.47. The van der Waals surface area contributed by atoms with Gasteiger partial charge in [-0.2, -0.15) is 0 Å². The van der Waals surface area contributed by atoms with Crippen LogP contribution in [0.15, 0.2) is 47.5 Å². The third-order valence-electron chi connectivity index (χ3n) is 7.35. The van der Waals surface area contributed by atoms with Crippen LogP contribution in [0.1, 0.15) is 67.2 Å². The zero-order valence-corrected chi connectivity index (χ0v) is 22.1. The molecular formula is C28H34N4O6. The van der Waals surface area contributed by atoms with Gasteiger partial charge in [-0.15, -0.1) is 0 Å². The number of guanidine groups is 1. The summed E-state index contributed by atoms with van der Waals surface area (Å²) in [6, 6.07) is 11.1. The van der Waals surface area contributed by atoms with Crippen LogP contribution in [0.4, 0.5) is 0 Å². The maximum Gasteiger partial charge on any atom is 0.251 e. The first-order chi connectivity index (χ1) is 18.0. The zero-order chi connectivity index (χ0) is 27.2. The van der Waals surface area contributed by atoms with Crippen molar-refractivity contribution in [2.75, 3.05) is 20.3 Å². The number of amides is 2. The van der Waals surface area contributed by atoms with Crippen LogP contribution < -0.4 is 20.5 Å². The van der Waals surface area contributed by atoms with Crippen molar-refractivity contribution in [1.29, 1.82) is 0 Å². The minimum Gasteiger partial charge on any atom is -0.493 e. The fraction of sp³-hybridized carbons (Fsp3) is 0.464. The summed E-state index contributed by atoms with van der Waals surface area (Å²) in [5.74, 6) is 0.700. The lowest BCUT2D eigenvalue weighted by Gasteiger charge is -2.40. The number of carbonyl (C=O) groups is 2. The molecule has 0 bridgehead atoms. The van der Waals surface area contributed by atoms with Gasteiger partial charge in [0.25, 0.3) is 5.91 Å². The van der Waals surface area contributed by atoms with Gasteiger partial charge in [-0.25, -0.2) is 4.99 Å². The maximum absolute atomic E-state index is 13.6. The molecule has 10 heteroatoms. The van der Waals surface area contributed by atoms with Crippen molar-refractivity contribution < 1.29 is 28.9 Å². The SMILES string of the molecule is COC1CCOc2ccc(C(=O)N[C@@H]3c4ccccc4OC[C@@]3(C)O)cc2C1N1C(=O)CC(C)(C)N=C1N. The Kier molecular flexibility index (Phi) is 6.56. The molecule has 38 heavy (non-hydrogen) atoms. The molecule has 0 radical (unpaired) electrons. The number of methoxy groups -OCH3 is 1. The van der Waals surface area contributed by atoms with Crippen molar-refractivity contribution in [3.63, 3.8) is 0 Å². The van der Waals surface area contributed by atoms with E-state index in [1.807, 2.05) is 38.1 Å². The Morgan fingerprint density at radius 2 is 1.89 bits per heavy atom. The third kappa shape index (κ3) is 4.69. The summed E-state index contributed by atoms with van der Waals surface area (Å²) in [6.07, 6.45) is 0.269. The van der Waals surface area contributed by atoms with Gasteiger partial charge >= 0.3 is 0 Å². The van der Waals surface area contributed by atoms with Crippen molar-refractivity contribution in [3.8, 4) is 11.5 Å². The second-order valence-corrected chi connectivity index (χ2v) is 10.9. The van der Waals surface area contributed by atoms with E-state index in [1.165, 1.54) is 4.90 Å². The lowest BCUT2D eigenvalue weighted by Crippen LogP contribution is -2.53. The number of carbonyl (C=O) groups excluding carboxylic acids is 2. The number of para-hydroxylation sites is 1. The van der Waals surface area contributed by atoms with Crippen molar-refractivity contribution in [3.05, 3.63) is 59.2 Å². The van der Waals surface area contributed by atoms with E-state index in [2.05, 4.69) is 10.3 Å². The van der Waals surface area contributed by atoms with E-state index in [-0.39, 0.29) is 30.8 Å². The number of hydrogen-bond acceptors (Lipinski definition) is 8. The standard InChI is InChI=1S/C28H34N4O6/c1-27(2)14-22(33)32(26(29)31-27)23-18-13-16(9-10-20(18)37-12-11-21(23)36-4)25(34)30-24-17-7-5-6-8-19(17)38-15-28(24,3)35/h5-10,13,21,23-24,35H,11-12,14-15H2,1-4H3,(H2,29,31)(H,30,34)/t21?,23?,24-,28-/m1/s1. The molecule has 5 rings (SSSR count). The van der Waals surface area contributed by atoms with Crippen LogP contribution in [0.25, 0.3) is 0 Å². The molecular weight excluding hydrogens is 488 g/mol. The number of benzene rings is 2. The zero-order valence-electron chi connectivity index (χ0n) is 22.1. The average Bonchev–Trinajstić information content (AvgIpc) is 3.03. The molecule has 2 unspecified atom stereocenters. The summed E-state index contributed by atoms with van der Waals surface area (Å²) in [4.78, 5) is 32.9. The third-order valence-corrected chi connectivity index (χ3v) is 7.35. The predicted molar refractivity (Wildman–Crippen MR) is 140 cm³/mol. The minimum atomic E-state index is -1.32.